The van der Waals surface area contributed by atoms with Crippen molar-refractivity contribution < 1.29 is 14.3 Å². The monoisotopic (exact) mass is 407 g/mol. The van der Waals surface area contributed by atoms with Crippen LogP contribution in [0.2, 0.25) is 10.0 Å². The first-order chi connectivity index (χ1) is 12.9. The molecule has 1 aromatic carbocycles. The van der Waals surface area contributed by atoms with Gasteiger partial charge in [0.1, 0.15) is 5.69 Å². The van der Waals surface area contributed by atoms with Gasteiger partial charge in [0.25, 0.3) is 5.91 Å². The summed E-state index contributed by atoms with van der Waals surface area (Å²) in [6.07, 6.45) is 2.27. The highest BCUT2D eigenvalue weighted by Gasteiger charge is 2.18. The van der Waals surface area contributed by atoms with Crippen molar-refractivity contribution in [2.75, 3.05) is 20.8 Å². The zero-order chi connectivity index (χ0) is 19.6. The van der Waals surface area contributed by atoms with Gasteiger partial charge in [-0.15, -0.1) is 0 Å². The number of nitrogens with one attached hydrogen (secondary N) is 1. The Kier molecular flexibility index (Phi) is 5.77. The summed E-state index contributed by atoms with van der Waals surface area (Å²) in [5.74, 6) is 1.09. The molecule has 0 radical (unpaired) electrons. The van der Waals surface area contributed by atoms with Gasteiger partial charge in [-0.1, -0.05) is 29.3 Å². The molecule has 3 aromatic rings. The summed E-state index contributed by atoms with van der Waals surface area (Å²) in [7, 11) is 3.18. The SMILES string of the molecule is COc1ccc(CCNC(=O)c2c(C)nc3c(Cl)cc(Cl)cn23)cc1OC. The summed E-state index contributed by atoms with van der Waals surface area (Å²) >= 11 is 12.2. The van der Waals surface area contributed by atoms with Gasteiger partial charge < -0.3 is 14.8 Å². The smallest absolute Gasteiger partial charge is 0.270 e. The van der Waals surface area contributed by atoms with E-state index in [4.69, 9.17) is 32.7 Å². The number of rotatable bonds is 6. The van der Waals surface area contributed by atoms with Crippen LogP contribution in [0.5, 0.6) is 11.5 Å². The Morgan fingerprint density at radius 2 is 1.93 bits per heavy atom. The molecule has 142 valence electrons. The topological polar surface area (TPSA) is 64.9 Å². The minimum atomic E-state index is -0.237. The third-order valence-corrected chi connectivity index (χ3v) is 4.66. The fourth-order valence-electron chi connectivity index (χ4n) is 2.90. The highest BCUT2D eigenvalue weighted by atomic mass is 35.5. The van der Waals surface area contributed by atoms with E-state index in [1.807, 2.05) is 18.2 Å². The van der Waals surface area contributed by atoms with E-state index in [1.54, 1.807) is 37.8 Å². The van der Waals surface area contributed by atoms with Gasteiger partial charge in [0.2, 0.25) is 0 Å². The molecule has 0 fully saturated rings. The standard InChI is InChI=1S/C19H19Cl2N3O3/c1-11-17(24-10-13(20)9-14(21)18(24)23-11)19(25)22-7-6-12-4-5-15(26-2)16(8-12)27-3/h4-5,8-10H,6-7H2,1-3H3,(H,22,25). The van der Waals surface area contributed by atoms with Crippen LogP contribution in [0.3, 0.4) is 0 Å². The molecule has 0 saturated carbocycles. The molecular weight excluding hydrogens is 389 g/mol. The van der Waals surface area contributed by atoms with E-state index in [0.29, 0.717) is 51.5 Å². The van der Waals surface area contributed by atoms with Crippen molar-refractivity contribution in [2.45, 2.75) is 13.3 Å². The summed E-state index contributed by atoms with van der Waals surface area (Å²) in [6.45, 7) is 2.22. The Morgan fingerprint density at radius 1 is 1.19 bits per heavy atom. The Balaban J connectivity index is 1.74. The Hall–Kier alpha value is -2.44. The lowest BCUT2D eigenvalue weighted by atomic mass is 10.1. The highest BCUT2D eigenvalue weighted by molar-refractivity contribution is 6.36. The predicted octanol–water partition coefficient (Wildman–Crippen LogP) is 3.94. The van der Waals surface area contributed by atoms with Crippen LogP contribution in [-0.4, -0.2) is 36.1 Å². The second kappa shape index (κ2) is 8.06. The molecule has 0 bridgehead atoms. The van der Waals surface area contributed by atoms with Crippen molar-refractivity contribution in [1.82, 2.24) is 14.7 Å². The van der Waals surface area contributed by atoms with Crippen molar-refractivity contribution in [3.05, 3.63) is 57.5 Å². The quantitative estimate of drug-likeness (QED) is 0.671. The number of ether oxygens (including phenoxy) is 2. The molecule has 8 heteroatoms. The molecule has 0 aliphatic carbocycles. The number of hydrogen-bond donors (Lipinski definition) is 1. The molecule has 1 N–H and O–H groups in total. The minimum absolute atomic E-state index is 0.237. The lowest BCUT2D eigenvalue weighted by Gasteiger charge is -2.10. The van der Waals surface area contributed by atoms with Crippen molar-refractivity contribution in [3.63, 3.8) is 0 Å². The molecule has 27 heavy (non-hydrogen) atoms. The van der Waals surface area contributed by atoms with E-state index in [2.05, 4.69) is 10.3 Å². The third kappa shape index (κ3) is 3.96. The average molecular weight is 408 g/mol. The van der Waals surface area contributed by atoms with E-state index >= 15 is 0 Å². The third-order valence-electron chi connectivity index (χ3n) is 4.18. The highest BCUT2D eigenvalue weighted by Crippen LogP contribution is 2.27. The number of aryl methyl sites for hydroxylation is 1. The van der Waals surface area contributed by atoms with Gasteiger partial charge in [0, 0.05) is 12.7 Å². The molecular formula is C19H19Cl2N3O3. The lowest BCUT2D eigenvalue weighted by Crippen LogP contribution is -2.27. The molecule has 2 aromatic heterocycles. The van der Waals surface area contributed by atoms with Gasteiger partial charge in [-0.3, -0.25) is 9.20 Å². The average Bonchev–Trinajstić information content (AvgIpc) is 2.97. The molecule has 0 atom stereocenters. The van der Waals surface area contributed by atoms with E-state index in [0.717, 1.165) is 5.56 Å². The summed E-state index contributed by atoms with van der Waals surface area (Å²) in [5.41, 5.74) is 2.53. The van der Waals surface area contributed by atoms with Gasteiger partial charge >= 0.3 is 0 Å². The number of aromatic nitrogens is 2. The zero-order valence-electron chi connectivity index (χ0n) is 15.2. The van der Waals surface area contributed by atoms with Gasteiger partial charge in [-0.25, -0.2) is 4.98 Å². The molecule has 0 spiro atoms. The molecule has 0 aliphatic rings. The van der Waals surface area contributed by atoms with Crippen LogP contribution >= 0.6 is 23.2 Å². The predicted molar refractivity (Wildman–Crippen MR) is 106 cm³/mol. The van der Waals surface area contributed by atoms with Crippen LogP contribution in [0.15, 0.2) is 30.5 Å². The minimum Gasteiger partial charge on any atom is -0.493 e. The number of amides is 1. The van der Waals surface area contributed by atoms with Crippen LogP contribution in [-0.2, 0) is 6.42 Å². The molecule has 2 heterocycles. The molecule has 3 rings (SSSR count). The Labute approximate surface area is 167 Å². The number of fused-ring (bicyclic) bond motifs is 1. The number of carbonyl (C=O) groups excluding carboxylic acids is 1. The van der Waals surface area contributed by atoms with Gasteiger partial charge in [-0.2, -0.15) is 0 Å². The maximum atomic E-state index is 12.7. The number of benzene rings is 1. The molecule has 1 amide bonds. The van der Waals surface area contributed by atoms with Gasteiger partial charge in [-0.05, 0) is 37.1 Å². The first-order valence-electron chi connectivity index (χ1n) is 8.27. The largest absolute Gasteiger partial charge is 0.493 e. The van der Waals surface area contributed by atoms with Crippen LogP contribution in [0.25, 0.3) is 5.65 Å². The summed E-state index contributed by atoms with van der Waals surface area (Å²) in [6, 6.07) is 7.27. The number of imidazole rings is 1. The molecule has 0 aliphatic heterocycles. The molecule has 0 saturated heterocycles. The van der Waals surface area contributed by atoms with E-state index in [-0.39, 0.29) is 5.91 Å². The second-order valence-electron chi connectivity index (χ2n) is 5.94. The van der Waals surface area contributed by atoms with E-state index < -0.39 is 0 Å². The second-order valence-corrected chi connectivity index (χ2v) is 6.78. The summed E-state index contributed by atoms with van der Waals surface area (Å²) < 4.78 is 12.1. The maximum Gasteiger partial charge on any atom is 0.270 e. The normalized spacial score (nSPS) is 10.9. The van der Waals surface area contributed by atoms with E-state index in [9.17, 15) is 4.79 Å². The maximum absolute atomic E-state index is 12.7. The Bertz CT molecular complexity index is 1000. The number of halogens is 2. The van der Waals surface area contributed by atoms with Crippen LogP contribution in [0, 0.1) is 6.92 Å². The number of methoxy groups -OCH3 is 2. The number of nitrogens with zero attached hydrogens (tertiary/aromatic N) is 2. The fourth-order valence-corrected chi connectivity index (χ4v) is 3.41. The van der Waals surface area contributed by atoms with Crippen LogP contribution < -0.4 is 14.8 Å². The Morgan fingerprint density at radius 3 is 2.63 bits per heavy atom. The van der Waals surface area contributed by atoms with Gasteiger partial charge in [0.05, 0.1) is 30.0 Å². The van der Waals surface area contributed by atoms with Gasteiger partial charge in [0.15, 0.2) is 17.1 Å². The van der Waals surface area contributed by atoms with E-state index in [1.165, 1.54) is 0 Å². The first kappa shape index (κ1) is 19.3. The molecule has 0 unspecified atom stereocenters. The number of hydrogen-bond acceptors (Lipinski definition) is 4. The van der Waals surface area contributed by atoms with Crippen molar-refractivity contribution in [3.8, 4) is 11.5 Å². The zero-order valence-corrected chi connectivity index (χ0v) is 16.7. The van der Waals surface area contributed by atoms with Crippen LogP contribution in [0.4, 0.5) is 0 Å². The summed E-state index contributed by atoms with van der Waals surface area (Å²) in [5, 5.41) is 3.75. The number of pyridine rings is 1. The van der Waals surface area contributed by atoms with Crippen molar-refractivity contribution in [1.29, 1.82) is 0 Å². The summed E-state index contributed by atoms with van der Waals surface area (Å²) in [4.78, 5) is 17.0. The fraction of sp³-hybridized carbons (Fsp3) is 0.263. The van der Waals surface area contributed by atoms with Crippen molar-refractivity contribution >= 4 is 34.8 Å². The van der Waals surface area contributed by atoms with Crippen LogP contribution in [0.1, 0.15) is 21.7 Å². The lowest BCUT2D eigenvalue weighted by molar-refractivity contribution is 0.0947. The first-order valence-corrected chi connectivity index (χ1v) is 9.03. The van der Waals surface area contributed by atoms with Crippen molar-refractivity contribution in [2.24, 2.45) is 0 Å². The number of carbonyl (C=O) groups is 1. The molecule has 6 nitrogen and oxygen atoms in total.